The fourth-order valence-electron chi connectivity index (χ4n) is 3.86. The summed E-state index contributed by atoms with van der Waals surface area (Å²) in [6, 6.07) is 15.0. The van der Waals surface area contributed by atoms with E-state index in [1.54, 1.807) is 12.4 Å². The number of nitrogens with zero attached hydrogens (tertiary/aromatic N) is 4. The summed E-state index contributed by atoms with van der Waals surface area (Å²) in [5.41, 5.74) is -0.179. The average molecular weight is 437 g/mol. The van der Waals surface area contributed by atoms with Crippen LogP contribution in [-0.2, 0) is 0 Å². The van der Waals surface area contributed by atoms with Gasteiger partial charge in [-0.3, -0.25) is 9.59 Å². The van der Waals surface area contributed by atoms with Crippen LogP contribution in [0.4, 0.5) is 0 Å². The van der Waals surface area contributed by atoms with E-state index >= 15 is 0 Å². The Bertz CT molecular complexity index is 1230. The van der Waals surface area contributed by atoms with Gasteiger partial charge in [-0.15, -0.1) is 0 Å². The van der Waals surface area contributed by atoms with Gasteiger partial charge >= 0.3 is 0 Å². The summed E-state index contributed by atoms with van der Waals surface area (Å²) >= 11 is 2.94. The van der Waals surface area contributed by atoms with Crippen molar-refractivity contribution in [3.8, 4) is 0 Å². The predicted octanol–water partition coefficient (Wildman–Crippen LogP) is 4.11. The number of rotatable bonds is 4. The van der Waals surface area contributed by atoms with Crippen molar-refractivity contribution in [2.24, 2.45) is 0 Å². The molecule has 6 nitrogen and oxygen atoms in total. The zero-order chi connectivity index (χ0) is 20.5. The van der Waals surface area contributed by atoms with Gasteiger partial charge in [0.1, 0.15) is 0 Å². The third-order valence-electron chi connectivity index (χ3n) is 5.45. The summed E-state index contributed by atoms with van der Waals surface area (Å²) in [6.07, 6.45) is 7.65. The largest absolute Gasteiger partial charge is 0.285 e. The standard InChI is InChI=1S/C22H20N4O2S2/c27-21-17-9-3-1-7-15(17)13-23-25(21)29-19-11-5-6-12-20(19)30-26-22(28)18-10-4-2-8-16(18)14-24-26/h1-4,7-10,13-14,19-20H,5-6,11-12H2. The fraction of sp³-hybridized carbons (Fsp3) is 0.273. The smallest absolute Gasteiger partial charge is 0.266 e. The van der Waals surface area contributed by atoms with Gasteiger partial charge in [0.15, 0.2) is 0 Å². The molecule has 0 radical (unpaired) electrons. The number of hydrogen-bond donors (Lipinski definition) is 0. The molecule has 0 amide bonds. The highest BCUT2D eigenvalue weighted by molar-refractivity contribution is 8.02. The molecule has 152 valence electrons. The van der Waals surface area contributed by atoms with Crippen LogP contribution in [0, 0.1) is 0 Å². The first-order valence-corrected chi connectivity index (χ1v) is 11.7. The average Bonchev–Trinajstić information content (AvgIpc) is 2.79. The van der Waals surface area contributed by atoms with E-state index in [0.717, 1.165) is 36.5 Å². The molecular formula is C22H20N4O2S2. The highest BCUT2D eigenvalue weighted by Gasteiger charge is 2.29. The maximum Gasteiger partial charge on any atom is 0.285 e. The molecule has 2 aromatic heterocycles. The highest BCUT2D eigenvalue weighted by Crippen LogP contribution is 2.36. The maximum atomic E-state index is 12.9. The van der Waals surface area contributed by atoms with E-state index in [1.807, 2.05) is 48.5 Å². The summed E-state index contributed by atoms with van der Waals surface area (Å²) < 4.78 is 3.00. The van der Waals surface area contributed by atoms with Crippen molar-refractivity contribution >= 4 is 45.4 Å². The Kier molecular flexibility index (Phi) is 5.35. The Labute approximate surface area is 181 Å². The third-order valence-corrected chi connectivity index (χ3v) is 8.21. The molecule has 2 unspecified atom stereocenters. The summed E-state index contributed by atoms with van der Waals surface area (Å²) in [5, 5.41) is 12.1. The Balaban J connectivity index is 1.43. The lowest BCUT2D eigenvalue weighted by Gasteiger charge is -2.29. The molecule has 0 saturated heterocycles. The molecule has 2 atom stereocenters. The first-order chi connectivity index (χ1) is 14.7. The van der Waals surface area contributed by atoms with Crippen molar-refractivity contribution in [3.63, 3.8) is 0 Å². The molecule has 5 rings (SSSR count). The van der Waals surface area contributed by atoms with Gasteiger partial charge in [0.2, 0.25) is 0 Å². The Morgan fingerprint density at radius 2 is 1.13 bits per heavy atom. The van der Waals surface area contributed by atoms with Crippen LogP contribution in [-0.4, -0.2) is 28.9 Å². The van der Waals surface area contributed by atoms with Gasteiger partial charge < -0.3 is 0 Å². The normalized spacial score (nSPS) is 19.3. The van der Waals surface area contributed by atoms with Crippen LogP contribution >= 0.6 is 23.9 Å². The summed E-state index contributed by atoms with van der Waals surface area (Å²) in [6.45, 7) is 0. The molecule has 30 heavy (non-hydrogen) atoms. The van der Waals surface area contributed by atoms with Gasteiger partial charge in [-0.1, -0.05) is 49.2 Å². The molecule has 2 heterocycles. The number of fused-ring (bicyclic) bond motifs is 2. The molecule has 1 saturated carbocycles. The number of benzene rings is 2. The molecular weight excluding hydrogens is 416 g/mol. The van der Waals surface area contributed by atoms with Gasteiger partial charge in [0, 0.05) is 21.3 Å². The first-order valence-electron chi connectivity index (χ1n) is 9.99. The summed E-state index contributed by atoms with van der Waals surface area (Å²) in [4.78, 5) is 25.7. The Morgan fingerprint density at radius 3 is 1.60 bits per heavy atom. The van der Waals surface area contributed by atoms with E-state index in [-0.39, 0.29) is 21.6 Å². The lowest BCUT2D eigenvalue weighted by atomic mass is 10.00. The maximum absolute atomic E-state index is 12.9. The quantitative estimate of drug-likeness (QED) is 0.480. The van der Waals surface area contributed by atoms with Gasteiger partial charge in [-0.05, 0) is 48.9 Å². The van der Waals surface area contributed by atoms with Crippen molar-refractivity contribution in [1.29, 1.82) is 0 Å². The molecule has 1 fully saturated rings. The van der Waals surface area contributed by atoms with Crippen molar-refractivity contribution in [2.75, 3.05) is 0 Å². The van der Waals surface area contributed by atoms with Gasteiger partial charge in [0.05, 0.1) is 23.2 Å². The van der Waals surface area contributed by atoms with Gasteiger partial charge in [0.25, 0.3) is 11.1 Å². The van der Waals surface area contributed by atoms with Crippen LogP contribution < -0.4 is 11.1 Å². The number of hydrogen-bond acceptors (Lipinski definition) is 6. The molecule has 2 aromatic carbocycles. The molecule has 1 aliphatic rings. The van der Waals surface area contributed by atoms with E-state index in [1.165, 1.54) is 32.1 Å². The highest BCUT2D eigenvalue weighted by atomic mass is 32.2. The summed E-state index contributed by atoms with van der Waals surface area (Å²) in [5.74, 6) is 0. The molecule has 8 heteroatoms. The van der Waals surface area contributed by atoms with Crippen LogP contribution in [0.25, 0.3) is 21.5 Å². The van der Waals surface area contributed by atoms with Crippen molar-refractivity contribution in [1.82, 2.24) is 18.4 Å². The lowest BCUT2D eigenvalue weighted by Crippen LogP contribution is -2.32. The minimum absolute atomic E-state index is 0.0894. The van der Waals surface area contributed by atoms with Crippen LogP contribution in [0.5, 0.6) is 0 Å². The topological polar surface area (TPSA) is 69.8 Å². The molecule has 4 aromatic rings. The Hall–Kier alpha value is -2.58. The zero-order valence-electron chi connectivity index (χ0n) is 16.2. The van der Waals surface area contributed by atoms with Crippen molar-refractivity contribution in [3.05, 3.63) is 81.6 Å². The predicted molar refractivity (Wildman–Crippen MR) is 124 cm³/mol. The van der Waals surface area contributed by atoms with E-state index < -0.39 is 0 Å². The van der Waals surface area contributed by atoms with E-state index in [4.69, 9.17) is 0 Å². The van der Waals surface area contributed by atoms with Crippen molar-refractivity contribution < 1.29 is 0 Å². The molecule has 0 spiro atoms. The number of aromatic nitrogens is 4. The van der Waals surface area contributed by atoms with Crippen LogP contribution in [0.15, 0.2) is 70.5 Å². The van der Waals surface area contributed by atoms with Crippen LogP contribution in [0.2, 0.25) is 0 Å². The SMILES string of the molecule is O=c1c2ccccc2cnn1SC1CCCCC1Sn1ncc2ccccc2c1=O. The van der Waals surface area contributed by atoms with Crippen molar-refractivity contribution in [2.45, 2.75) is 36.2 Å². The van der Waals surface area contributed by atoms with Crippen LogP contribution in [0.1, 0.15) is 25.7 Å². The third kappa shape index (κ3) is 3.65. The second-order valence-corrected chi connectivity index (χ2v) is 9.72. The monoisotopic (exact) mass is 436 g/mol. The Morgan fingerprint density at radius 1 is 0.700 bits per heavy atom. The fourth-order valence-corrected chi connectivity index (χ4v) is 6.35. The molecule has 1 aliphatic carbocycles. The van der Waals surface area contributed by atoms with E-state index in [9.17, 15) is 9.59 Å². The molecule has 0 aliphatic heterocycles. The molecule has 0 bridgehead atoms. The molecule has 0 N–H and O–H groups in total. The van der Waals surface area contributed by atoms with E-state index in [0.29, 0.717) is 10.8 Å². The minimum Gasteiger partial charge on any atom is -0.266 e. The van der Waals surface area contributed by atoms with E-state index in [2.05, 4.69) is 10.2 Å². The van der Waals surface area contributed by atoms with Gasteiger partial charge in [-0.25, -0.2) is 0 Å². The second kappa shape index (κ2) is 8.28. The first kappa shape index (κ1) is 19.4. The van der Waals surface area contributed by atoms with Crippen LogP contribution in [0.3, 0.4) is 0 Å². The zero-order valence-corrected chi connectivity index (χ0v) is 17.8. The second-order valence-electron chi connectivity index (χ2n) is 7.39. The summed E-state index contributed by atoms with van der Waals surface area (Å²) in [7, 11) is 0. The lowest BCUT2D eigenvalue weighted by molar-refractivity contribution is 0.524. The van der Waals surface area contributed by atoms with Gasteiger partial charge in [-0.2, -0.15) is 18.4 Å². The minimum atomic E-state index is -0.0894.